The SMILES string of the molecule is CC(C)(CCNCc1cccc(C(F)(F)F)c1)C(N)=NO. The van der Waals surface area contributed by atoms with E-state index in [1.807, 2.05) is 13.8 Å². The van der Waals surface area contributed by atoms with Crippen molar-refractivity contribution in [1.29, 1.82) is 0 Å². The molecule has 0 aliphatic heterocycles. The molecule has 0 aliphatic rings. The minimum Gasteiger partial charge on any atom is -0.409 e. The number of benzene rings is 1. The lowest BCUT2D eigenvalue weighted by Gasteiger charge is -2.22. The second-order valence-electron chi connectivity index (χ2n) is 5.49. The fourth-order valence-electron chi connectivity index (χ4n) is 1.75. The van der Waals surface area contributed by atoms with Gasteiger partial charge in [-0.15, -0.1) is 0 Å². The van der Waals surface area contributed by atoms with Crippen LogP contribution in [0, 0.1) is 5.41 Å². The van der Waals surface area contributed by atoms with E-state index >= 15 is 0 Å². The monoisotopic (exact) mass is 303 g/mol. The summed E-state index contributed by atoms with van der Waals surface area (Å²) >= 11 is 0. The number of rotatable bonds is 6. The zero-order valence-corrected chi connectivity index (χ0v) is 12.0. The van der Waals surface area contributed by atoms with E-state index in [1.54, 1.807) is 6.07 Å². The van der Waals surface area contributed by atoms with Gasteiger partial charge in [0, 0.05) is 12.0 Å². The molecule has 21 heavy (non-hydrogen) atoms. The second kappa shape index (κ2) is 6.80. The van der Waals surface area contributed by atoms with Crippen LogP contribution in [0.2, 0.25) is 0 Å². The highest BCUT2D eigenvalue weighted by molar-refractivity contribution is 5.85. The largest absolute Gasteiger partial charge is 0.416 e. The van der Waals surface area contributed by atoms with Gasteiger partial charge in [-0.25, -0.2) is 0 Å². The van der Waals surface area contributed by atoms with Crippen molar-refractivity contribution in [3.05, 3.63) is 35.4 Å². The molecular weight excluding hydrogens is 283 g/mol. The summed E-state index contributed by atoms with van der Waals surface area (Å²) in [4.78, 5) is 0. The molecule has 7 heteroatoms. The van der Waals surface area contributed by atoms with Gasteiger partial charge in [0.15, 0.2) is 0 Å². The molecule has 0 atom stereocenters. The molecule has 0 aromatic heterocycles. The highest BCUT2D eigenvalue weighted by atomic mass is 19.4. The summed E-state index contributed by atoms with van der Waals surface area (Å²) < 4.78 is 37.7. The van der Waals surface area contributed by atoms with Crippen molar-refractivity contribution in [3.8, 4) is 0 Å². The molecule has 0 fully saturated rings. The molecule has 0 spiro atoms. The van der Waals surface area contributed by atoms with Crippen LogP contribution in [0.4, 0.5) is 13.2 Å². The standard InChI is InChI=1S/C14H20F3N3O/c1-13(2,12(18)20-21)6-7-19-9-10-4-3-5-11(8-10)14(15,16)17/h3-5,8,19,21H,6-7,9H2,1-2H3,(H2,18,20). The van der Waals surface area contributed by atoms with Gasteiger partial charge >= 0.3 is 6.18 Å². The minimum absolute atomic E-state index is 0.128. The van der Waals surface area contributed by atoms with E-state index in [2.05, 4.69) is 10.5 Å². The third kappa shape index (κ3) is 5.26. The fourth-order valence-corrected chi connectivity index (χ4v) is 1.75. The molecule has 0 saturated carbocycles. The van der Waals surface area contributed by atoms with E-state index in [4.69, 9.17) is 10.9 Å². The van der Waals surface area contributed by atoms with Crippen LogP contribution in [0.1, 0.15) is 31.4 Å². The van der Waals surface area contributed by atoms with Crippen molar-refractivity contribution in [2.24, 2.45) is 16.3 Å². The zero-order valence-electron chi connectivity index (χ0n) is 12.0. The van der Waals surface area contributed by atoms with Crippen LogP contribution < -0.4 is 11.1 Å². The van der Waals surface area contributed by atoms with Crippen molar-refractivity contribution < 1.29 is 18.4 Å². The number of oxime groups is 1. The highest BCUT2D eigenvalue weighted by Crippen LogP contribution is 2.29. The number of hydrogen-bond donors (Lipinski definition) is 3. The number of nitrogens with two attached hydrogens (primary N) is 1. The predicted octanol–water partition coefficient (Wildman–Crippen LogP) is 2.96. The topological polar surface area (TPSA) is 70.6 Å². The first kappa shape index (κ1) is 17.3. The van der Waals surface area contributed by atoms with Crippen molar-refractivity contribution in [2.75, 3.05) is 6.54 Å². The summed E-state index contributed by atoms with van der Waals surface area (Å²) in [7, 11) is 0. The molecule has 1 rings (SSSR count). The number of halogens is 3. The molecule has 0 bridgehead atoms. The van der Waals surface area contributed by atoms with Gasteiger partial charge in [-0.05, 0) is 24.6 Å². The quantitative estimate of drug-likeness (QED) is 0.249. The average molecular weight is 303 g/mol. The molecule has 0 saturated heterocycles. The van der Waals surface area contributed by atoms with Crippen LogP contribution in [-0.4, -0.2) is 17.6 Å². The first-order valence-electron chi connectivity index (χ1n) is 6.51. The van der Waals surface area contributed by atoms with Crippen LogP contribution in [0.5, 0.6) is 0 Å². The molecule has 4 nitrogen and oxygen atoms in total. The van der Waals surface area contributed by atoms with Crippen LogP contribution >= 0.6 is 0 Å². The van der Waals surface area contributed by atoms with E-state index in [0.29, 0.717) is 25.1 Å². The minimum atomic E-state index is -4.33. The lowest BCUT2D eigenvalue weighted by Crippen LogP contribution is -2.34. The Morgan fingerprint density at radius 2 is 2.00 bits per heavy atom. The summed E-state index contributed by atoms with van der Waals surface area (Å²) in [5, 5.41) is 14.7. The molecule has 1 aromatic rings. The summed E-state index contributed by atoms with van der Waals surface area (Å²) in [6, 6.07) is 5.20. The van der Waals surface area contributed by atoms with Crippen molar-refractivity contribution in [2.45, 2.75) is 33.0 Å². The predicted molar refractivity (Wildman–Crippen MR) is 75.0 cm³/mol. The van der Waals surface area contributed by atoms with Crippen molar-refractivity contribution in [1.82, 2.24) is 5.32 Å². The Hall–Kier alpha value is -1.76. The maximum Gasteiger partial charge on any atom is 0.416 e. The van der Waals surface area contributed by atoms with Crippen molar-refractivity contribution in [3.63, 3.8) is 0 Å². The highest BCUT2D eigenvalue weighted by Gasteiger charge is 2.30. The molecule has 118 valence electrons. The summed E-state index contributed by atoms with van der Waals surface area (Å²) in [5.41, 5.74) is 4.99. The fraction of sp³-hybridized carbons (Fsp3) is 0.500. The van der Waals surface area contributed by atoms with E-state index < -0.39 is 17.2 Å². The molecule has 1 aromatic carbocycles. The Balaban J connectivity index is 2.51. The van der Waals surface area contributed by atoms with E-state index in [-0.39, 0.29) is 5.84 Å². The van der Waals surface area contributed by atoms with Gasteiger partial charge in [0.25, 0.3) is 0 Å². The molecule has 0 amide bonds. The van der Waals surface area contributed by atoms with Crippen LogP contribution in [0.25, 0.3) is 0 Å². The number of amidine groups is 1. The first-order valence-corrected chi connectivity index (χ1v) is 6.51. The second-order valence-corrected chi connectivity index (χ2v) is 5.49. The summed E-state index contributed by atoms with van der Waals surface area (Å²) in [6.45, 7) is 4.53. The van der Waals surface area contributed by atoms with Gasteiger partial charge in [-0.3, -0.25) is 0 Å². The Labute approximate surface area is 121 Å². The normalized spacial score (nSPS) is 13.5. The average Bonchev–Trinajstić information content (AvgIpc) is 2.42. The van der Waals surface area contributed by atoms with Crippen LogP contribution in [0.15, 0.2) is 29.4 Å². The van der Waals surface area contributed by atoms with Crippen LogP contribution in [0.3, 0.4) is 0 Å². The van der Waals surface area contributed by atoms with Gasteiger partial charge in [-0.1, -0.05) is 37.2 Å². The number of nitrogens with zero attached hydrogens (tertiary/aromatic N) is 1. The molecule has 4 N–H and O–H groups in total. The molecule has 0 unspecified atom stereocenters. The lowest BCUT2D eigenvalue weighted by atomic mass is 9.88. The van der Waals surface area contributed by atoms with Gasteiger partial charge in [-0.2, -0.15) is 13.2 Å². The molecule has 0 heterocycles. The van der Waals surface area contributed by atoms with Gasteiger partial charge in [0.2, 0.25) is 0 Å². The third-order valence-electron chi connectivity index (χ3n) is 3.31. The van der Waals surface area contributed by atoms with Crippen LogP contribution in [-0.2, 0) is 12.7 Å². The van der Waals surface area contributed by atoms with Crippen molar-refractivity contribution >= 4 is 5.84 Å². The molecule has 0 aliphatic carbocycles. The Morgan fingerprint density at radius 1 is 1.33 bits per heavy atom. The number of alkyl halides is 3. The molecular formula is C14H20F3N3O. The third-order valence-corrected chi connectivity index (χ3v) is 3.31. The Morgan fingerprint density at radius 3 is 2.57 bits per heavy atom. The van der Waals surface area contributed by atoms with Gasteiger partial charge < -0.3 is 16.3 Å². The zero-order chi connectivity index (χ0) is 16.1. The van der Waals surface area contributed by atoms with E-state index in [1.165, 1.54) is 6.07 Å². The number of hydrogen-bond acceptors (Lipinski definition) is 3. The maximum absolute atomic E-state index is 12.6. The molecule has 0 radical (unpaired) electrons. The van der Waals surface area contributed by atoms with E-state index in [9.17, 15) is 13.2 Å². The van der Waals surface area contributed by atoms with Gasteiger partial charge in [0.05, 0.1) is 5.56 Å². The summed E-state index contributed by atoms with van der Waals surface area (Å²) in [6.07, 6.45) is -3.73. The Kier molecular flexibility index (Phi) is 5.60. The smallest absolute Gasteiger partial charge is 0.409 e. The lowest BCUT2D eigenvalue weighted by molar-refractivity contribution is -0.137. The Bertz CT molecular complexity index is 498. The number of nitrogens with one attached hydrogen (secondary N) is 1. The van der Waals surface area contributed by atoms with E-state index in [0.717, 1.165) is 12.1 Å². The first-order chi connectivity index (χ1) is 9.66. The maximum atomic E-state index is 12.6. The van der Waals surface area contributed by atoms with Gasteiger partial charge in [0.1, 0.15) is 5.84 Å². The summed E-state index contributed by atoms with van der Waals surface area (Å²) in [5.74, 6) is 0.128.